The van der Waals surface area contributed by atoms with Crippen LogP contribution in [-0.2, 0) is 19.6 Å². The SMILES string of the molecule is O=C(O)CCC[C@@H](NS(=O)(=O)c1cccnc1Cl)C(=O)O. The molecule has 1 aromatic rings. The molecule has 8 nitrogen and oxygen atoms in total. The number of carboxylic acids is 2. The minimum Gasteiger partial charge on any atom is -0.481 e. The van der Waals surface area contributed by atoms with Crippen LogP contribution in [0, 0.1) is 0 Å². The van der Waals surface area contributed by atoms with Crippen molar-refractivity contribution in [2.24, 2.45) is 0 Å². The van der Waals surface area contributed by atoms with E-state index in [4.69, 9.17) is 21.8 Å². The maximum atomic E-state index is 12.0. The Labute approximate surface area is 125 Å². The summed E-state index contributed by atoms with van der Waals surface area (Å²) in [6.45, 7) is 0. The van der Waals surface area contributed by atoms with Gasteiger partial charge in [0.1, 0.15) is 16.1 Å². The first-order valence-electron chi connectivity index (χ1n) is 5.81. The van der Waals surface area contributed by atoms with Crippen LogP contribution < -0.4 is 4.72 Å². The van der Waals surface area contributed by atoms with Crippen molar-refractivity contribution in [2.45, 2.75) is 30.2 Å². The summed E-state index contributed by atoms with van der Waals surface area (Å²) in [4.78, 5) is 24.7. The molecule has 0 spiro atoms. The van der Waals surface area contributed by atoms with Crippen molar-refractivity contribution < 1.29 is 28.2 Å². The van der Waals surface area contributed by atoms with Gasteiger partial charge in [-0.3, -0.25) is 9.59 Å². The van der Waals surface area contributed by atoms with Gasteiger partial charge >= 0.3 is 11.9 Å². The van der Waals surface area contributed by atoms with Crippen LogP contribution in [-0.4, -0.2) is 41.6 Å². The number of sulfonamides is 1. The van der Waals surface area contributed by atoms with Crippen LogP contribution in [0.25, 0.3) is 0 Å². The molecule has 3 N–H and O–H groups in total. The van der Waals surface area contributed by atoms with E-state index in [1.165, 1.54) is 18.3 Å². The second kappa shape index (κ2) is 7.34. The first kappa shape index (κ1) is 17.3. The van der Waals surface area contributed by atoms with E-state index in [2.05, 4.69) is 4.98 Å². The van der Waals surface area contributed by atoms with Crippen molar-refractivity contribution >= 4 is 33.6 Å². The predicted molar refractivity (Wildman–Crippen MR) is 72.5 cm³/mol. The van der Waals surface area contributed by atoms with Gasteiger partial charge in [0, 0.05) is 12.6 Å². The number of nitrogens with zero attached hydrogens (tertiary/aromatic N) is 1. The maximum Gasteiger partial charge on any atom is 0.321 e. The highest BCUT2D eigenvalue weighted by Crippen LogP contribution is 2.18. The fourth-order valence-electron chi connectivity index (χ4n) is 1.51. The van der Waals surface area contributed by atoms with Crippen molar-refractivity contribution in [3.63, 3.8) is 0 Å². The summed E-state index contributed by atoms with van der Waals surface area (Å²) in [6.07, 6.45) is 0.913. The van der Waals surface area contributed by atoms with Gasteiger partial charge in [-0.1, -0.05) is 11.6 Å². The zero-order valence-electron chi connectivity index (χ0n) is 10.7. The zero-order valence-corrected chi connectivity index (χ0v) is 12.3. The van der Waals surface area contributed by atoms with Crippen LogP contribution in [0.1, 0.15) is 19.3 Å². The average Bonchev–Trinajstić information content (AvgIpc) is 2.37. The number of aliphatic carboxylic acids is 2. The number of hydrogen-bond donors (Lipinski definition) is 3. The number of halogens is 1. The Hall–Kier alpha value is -1.71. The highest BCUT2D eigenvalue weighted by Gasteiger charge is 2.27. The van der Waals surface area contributed by atoms with Crippen LogP contribution in [0.15, 0.2) is 23.2 Å². The van der Waals surface area contributed by atoms with Crippen molar-refractivity contribution in [3.8, 4) is 0 Å². The maximum absolute atomic E-state index is 12.0. The first-order valence-corrected chi connectivity index (χ1v) is 7.67. The number of carboxylic acid groups (broad SMARTS) is 2. The van der Waals surface area contributed by atoms with Gasteiger partial charge in [0.15, 0.2) is 0 Å². The molecule has 1 aromatic heterocycles. The van der Waals surface area contributed by atoms with E-state index in [0.717, 1.165) is 0 Å². The summed E-state index contributed by atoms with van der Waals surface area (Å²) in [5.74, 6) is -2.48. The van der Waals surface area contributed by atoms with E-state index in [1.807, 2.05) is 4.72 Å². The molecule has 1 atom stereocenters. The Balaban J connectivity index is 2.85. The largest absolute Gasteiger partial charge is 0.481 e. The lowest BCUT2D eigenvalue weighted by molar-refractivity contribution is -0.140. The highest BCUT2D eigenvalue weighted by molar-refractivity contribution is 7.89. The van der Waals surface area contributed by atoms with Gasteiger partial charge in [0.05, 0.1) is 0 Å². The third-order valence-electron chi connectivity index (χ3n) is 2.49. The summed E-state index contributed by atoms with van der Waals surface area (Å²) >= 11 is 5.66. The van der Waals surface area contributed by atoms with Crippen LogP contribution in [0.3, 0.4) is 0 Å². The van der Waals surface area contributed by atoms with Gasteiger partial charge in [-0.05, 0) is 25.0 Å². The van der Waals surface area contributed by atoms with E-state index in [-0.39, 0.29) is 29.3 Å². The Morgan fingerprint density at radius 3 is 2.57 bits per heavy atom. The summed E-state index contributed by atoms with van der Waals surface area (Å²) in [5.41, 5.74) is 0. The fraction of sp³-hybridized carbons (Fsp3) is 0.364. The molecule has 116 valence electrons. The zero-order chi connectivity index (χ0) is 16.0. The molecule has 0 saturated heterocycles. The number of aromatic nitrogens is 1. The topological polar surface area (TPSA) is 134 Å². The summed E-state index contributed by atoms with van der Waals surface area (Å²) < 4.78 is 26.1. The summed E-state index contributed by atoms with van der Waals surface area (Å²) in [6, 6.07) is 1.10. The molecular formula is C11H13ClN2O6S. The molecular weight excluding hydrogens is 324 g/mol. The molecule has 0 unspecified atom stereocenters. The molecule has 0 aromatic carbocycles. The molecule has 0 amide bonds. The molecule has 0 aliphatic heterocycles. The first-order chi connectivity index (χ1) is 9.74. The molecule has 0 saturated carbocycles. The van der Waals surface area contributed by atoms with Gasteiger partial charge in [-0.25, -0.2) is 13.4 Å². The van der Waals surface area contributed by atoms with E-state index in [0.29, 0.717) is 0 Å². The monoisotopic (exact) mass is 336 g/mol. The minimum absolute atomic E-state index is 0.0234. The third-order valence-corrected chi connectivity index (χ3v) is 4.41. The van der Waals surface area contributed by atoms with Gasteiger partial charge < -0.3 is 10.2 Å². The standard InChI is InChI=1S/C11H13ClN2O6S/c12-10-8(4-2-6-13-10)21(19,20)14-7(11(17)18)3-1-5-9(15)16/h2,4,6-7,14H,1,3,5H2,(H,15,16)(H,17,18)/t7-/m1/s1. The molecule has 0 aliphatic rings. The second-order valence-corrected chi connectivity index (χ2v) is 6.13. The normalized spacial score (nSPS) is 12.8. The number of rotatable bonds is 8. The highest BCUT2D eigenvalue weighted by atomic mass is 35.5. The Kier molecular flexibility index (Phi) is 6.06. The van der Waals surface area contributed by atoms with E-state index >= 15 is 0 Å². The van der Waals surface area contributed by atoms with Gasteiger partial charge in [-0.15, -0.1) is 0 Å². The number of hydrogen-bond acceptors (Lipinski definition) is 5. The minimum atomic E-state index is -4.16. The van der Waals surface area contributed by atoms with E-state index in [1.54, 1.807) is 0 Å². The van der Waals surface area contributed by atoms with E-state index in [9.17, 15) is 18.0 Å². The van der Waals surface area contributed by atoms with Crippen molar-refractivity contribution in [2.75, 3.05) is 0 Å². The van der Waals surface area contributed by atoms with Gasteiger partial charge in [-0.2, -0.15) is 4.72 Å². The van der Waals surface area contributed by atoms with Crippen molar-refractivity contribution in [1.29, 1.82) is 0 Å². The number of carbonyl (C=O) groups is 2. The van der Waals surface area contributed by atoms with Gasteiger partial charge in [0.25, 0.3) is 0 Å². The molecule has 1 heterocycles. The third kappa shape index (κ3) is 5.29. The van der Waals surface area contributed by atoms with Crippen molar-refractivity contribution in [3.05, 3.63) is 23.5 Å². The molecule has 0 radical (unpaired) electrons. The molecule has 10 heteroatoms. The number of nitrogens with one attached hydrogen (secondary N) is 1. The van der Waals surface area contributed by atoms with Crippen LogP contribution in [0.4, 0.5) is 0 Å². The Bertz CT molecular complexity index is 633. The number of pyridine rings is 1. The summed E-state index contributed by atoms with van der Waals surface area (Å²) in [5, 5.41) is 17.2. The van der Waals surface area contributed by atoms with E-state index < -0.39 is 28.0 Å². The molecule has 0 fully saturated rings. The fourth-order valence-corrected chi connectivity index (χ4v) is 3.19. The summed E-state index contributed by atoms with van der Waals surface area (Å²) in [7, 11) is -4.16. The average molecular weight is 337 g/mol. The lowest BCUT2D eigenvalue weighted by atomic mass is 10.1. The quantitative estimate of drug-likeness (QED) is 0.595. The lowest BCUT2D eigenvalue weighted by Crippen LogP contribution is -2.40. The van der Waals surface area contributed by atoms with Gasteiger partial charge in [0.2, 0.25) is 10.0 Å². The lowest BCUT2D eigenvalue weighted by Gasteiger charge is -2.14. The predicted octanol–water partition coefficient (Wildman–Crippen LogP) is 0.721. The Morgan fingerprint density at radius 1 is 1.38 bits per heavy atom. The molecule has 1 rings (SSSR count). The van der Waals surface area contributed by atoms with Crippen LogP contribution >= 0.6 is 11.6 Å². The molecule has 21 heavy (non-hydrogen) atoms. The Morgan fingerprint density at radius 2 is 2.05 bits per heavy atom. The van der Waals surface area contributed by atoms with Crippen molar-refractivity contribution in [1.82, 2.24) is 9.71 Å². The smallest absolute Gasteiger partial charge is 0.321 e. The van der Waals surface area contributed by atoms with Crippen LogP contribution in [0.2, 0.25) is 5.15 Å². The second-order valence-electron chi connectivity index (χ2n) is 4.09. The molecule has 0 aliphatic carbocycles. The molecule has 0 bridgehead atoms. The van der Waals surface area contributed by atoms with Crippen LogP contribution in [0.5, 0.6) is 0 Å².